The second-order valence-corrected chi connectivity index (χ2v) is 1.95. The molecule has 1 aromatic rings. The van der Waals surface area contributed by atoms with E-state index >= 15 is 0 Å². The van der Waals surface area contributed by atoms with Crippen molar-refractivity contribution in [3.05, 3.63) is 23.8 Å². The minimum atomic E-state index is 0.277. The van der Waals surface area contributed by atoms with Crippen LogP contribution < -0.4 is 0 Å². The Morgan fingerprint density at radius 2 is 2.10 bits per heavy atom. The molecule has 0 aliphatic carbocycles. The van der Waals surface area contributed by atoms with Crippen LogP contribution >= 0.6 is 11.6 Å². The van der Waals surface area contributed by atoms with Gasteiger partial charge in [0.2, 0.25) is 0 Å². The van der Waals surface area contributed by atoms with Gasteiger partial charge < -0.3 is 0 Å². The van der Waals surface area contributed by atoms with Gasteiger partial charge in [0.25, 0.3) is 0 Å². The average Bonchev–Trinajstić information content (AvgIpc) is 2.05. The molecule has 1 rings (SSSR count). The van der Waals surface area contributed by atoms with Gasteiger partial charge in [-0.1, -0.05) is 0 Å². The minimum Gasteiger partial charge on any atom is -0.298 e. The Hall–Kier alpha value is -0.960. The van der Waals surface area contributed by atoms with Crippen molar-refractivity contribution < 1.29 is 4.79 Å². The quantitative estimate of drug-likeness (QED) is 0.475. The SMILES string of the molecule is O=Cc1cnc(CCl)nc1. The molecule has 1 aromatic heterocycles. The summed E-state index contributed by atoms with van der Waals surface area (Å²) in [5, 5.41) is 0. The maximum Gasteiger partial charge on any atom is 0.153 e. The number of alkyl halides is 1. The predicted octanol–water partition coefficient (Wildman–Crippen LogP) is 1.03. The zero-order valence-electron chi connectivity index (χ0n) is 5.12. The smallest absolute Gasteiger partial charge is 0.153 e. The lowest BCUT2D eigenvalue weighted by Crippen LogP contribution is -1.91. The maximum absolute atomic E-state index is 10.1. The Kier molecular flexibility index (Phi) is 2.34. The van der Waals surface area contributed by atoms with Crippen LogP contribution in [-0.4, -0.2) is 16.3 Å². The first-order valence-electron chi connectivity index (χ1n) is 2.69. The number of aromatic nitrogens is 2. The highest BCUT2D eigenvalue weighted by atomic mass is 35.5. The van der Waals surface area contributed by atoms with Gasteiger partial charge in [-0.2, -0.15) is 0 Å². The molecule has 0 aliphatic rings. The molecule has 0 N–H and O–H groups in total. The third kappa shape index (κ3) is 1.51. The number of hydrogen-bond acceptors (Lipinski definition) is 3. The van der Waals surface area contributed by atoms with Crippen LogP contribution in [0.15, 0.2) is 12.4 Å². The molecule has 0 spiro atoms. The highest BCUT2D eigenvalue weighted by Crippen LogP contribution is 1.95. The summed E-state index contributed by atoms with van der Waals surface area (Å²) in [5.41, 5.74) is 0.467. The third-order valence-electron chi connectivity index (χ3n) is 0.981. The lowest BCUT2D eigenvalue weighted by molar-refractivity contribution is 0.112. The Morgan fingerprint density at radius 1 is 1.50 bits per heavy atom. The van der Waals surface area contributed by atoms with Gasteiger partial charge in [-0.3, -0.25) is 4.79 Å². The molecule has 10 heavy (non-hydrogen) atoms. The highest BCUT2D eigenvalue weighted by molar-refractivity contribution is 6.16. The molecule has 0 aromatic carbocycles. The fraction of sp³-hybridized carbons (Fsp3) is 0.167. The summed E-state index contributed by atoms with van der Waals surface area (Å²) in [4.78, 5) is 17.7. The molecular formula is C6H5ClN2O. The van der Waals surface area contributed by atoms with E-state index in [1.807, 2.05) is 0 Å². The molecule has 52 valence electrons. The fourth-order valence-electron chi connectivity index (χ4n) is 0.495. The summed E-state index contributed by atoms with van der Waals surface area (Å²) in [6.07, 6.45) is 3.58. The van der Waals surface area contributed by atoms with Crippen LogP contribution in [0.2, 0.25) is 0 Å². The van der Waals surface area contributed by atoms with E-state index in [0.717, 1.165) is 0 Å². The molecular weight excluding hydrogens is 152 g/mol. The van der Waals surface area contributed by atoms with Crippen molar-refractivity contribution in [3.63, 3.8) is 0 Å². The average molecular weight is 157 g/mol. The zero-order valence-corrected chi connectivity index (χ0v) is 5.88. The number of halogens is 1. The monoisotopic (exact) mass is 156 g/mol. The van der Waals surface area contributed by atoms with Gasteiger partial charge in [0, 0.05) is 12.4 Å². The summed E-state index contributed by atoms with van der Waals surface area (Å²) >= 11 is 5.41. The molecule has 3 nitrogen and oxygen atoms in total. The number of carbonyl (C=O) groups excluding carboxylic acids is 1. The number of nitrogens with zero attached hydrogens (tertiary/aromatic N) is 2. The first kappa shape index (κ1) is 7.15. The van der Waals surface area contributed by atoms with Crippen molar-refractivity contribution in [1.82, 2.24) is 9.97 Å². The normalized spacial score (nSPS) is 9.30. The summed E-state index contributed by atoms with van der Waals surface area (Å²) in [6.45, 7) is 0. The molecule has 0 atom stereocenters. The highest BCUT2D eigenvalue weighted by Gasteiger charge is 1.92. The van der Waals surface area contributed by atoms with Crippen LogP contribution in [0.5, 0.6) is 0 Å². The van der Waals surface area contributed by atoms with E-state index in [2.05, 4.69) is 9.97 Å². The molecule has 0 aliphatic heterocycles. The first-order chi connectivity index (χ1) is 4.86. The van der Waals surface area contributed by atoms with Crippen LogP contribution in [0, 0.1) is 0 Å². The van der Waals surface area contributed by atoms with Crippen molar-refractivity contribution in [3.8, 4) is 0 Å². The van der Waals surface area contributed by atoms with Crippen LogP contribution in [0.25, 0.3) is 0 Å². The van der Waals surface area contributed by atoms with Gasteiger partial charge in [-0.25, -0.2) is 9.97 Å². The summed E-state index contributed by atoms with van der Waals surface area (Å²) in [7, 11) is 0. The second-order valence-electron chi connectivity index (χ2n) is 1.68. The standard InChI is InChI=1S/C6H5ClN2O/c7-1-6-8-2-5(4-10)3-9-6/h2-4H,1H2. The van der Waals surface area contributed by atoms with E-state index < -0.39 is 0 Å². The summed E-state index contributed by atoms with van der Waals surface area (Å²) < 4.78 is 0. The molecule has 1 heterocycles. The number of rotatable bonds is 2. The van der Waals surface area contributed by atoms with Crippen molar-refractivity contribution in [2.24, 2.45) is 0 Å². The largest absolute Gasteiger partial charge is 0.298 e. The van der Waals surface area contributed by atoms with E-state index in [9.17, 15) is 4.79 Å². The Balaban J connectivity index is 2.90. The molecule has 0 amide bonds. The minimum absolute atomic E-state index is 0.277. The van der Waals surface area contributed by atoms with Crippen molar-refractivity contribution in [2.45, 2.75) is 5.88 Å². The van der Waals surface area contributed by atoms with Gasteiger partial charge in [-0.05, 0) is 0 Å². The molecule has 0 fully saturated rings. The topological polar surface area (TPSA) is 42.9 Å². The number of carbonyl (C=O) groups is 1. The van der Waals surface area contributed by atoms with Crippen LogP contribution in [0.4, 0.5) is 0 Å². The third-order valence-corrected chi connectivity index (χ3v) is 1.22. The molecule has 0 saturated heterocycles. The Bertz CT molecular complexity index is 222. The van der Waals surface area contributed by atoms with Crippen LogP contribution in [0.3, 0.4) is 0 Å². The van der Waals surface area contributed by atoms with Crippen LogP contribution in [-0.2, 0) is 5.88 Å². The summed E-state index contributed by atoms with van der Waals surface area (Å²) in [6, 6.07) is 0. The molecule has 0 radical (unpaired) electrons. The number of hydrogen-bond donors (Lipinski definition) is 0. The van der Waals surface area contributed by atoms with Gasteiger partial charge >= 0.3 is 0 Å². The summed E-state index contributed by atoms with van der Waals surface area (Å²) in [5.74, 6) is 0.811. The van der Waals surface area contributed by atoms with E-state index in [1.54, 1.807) is 0 Å². The van der Waals surface area contributed by atoms with Crippen molar-refractivity contribution in [1.29, 1.82) is 0 Å². The first-order valence-corrected chi connectivity index (χ1v) is 3.22. The maximum atomic E-state index is 10.1. The molecule has 0 saturated carbocycles. The number of aldehydes is 1. The zero-order chi connectivity index (χ0) is 7.40. The van der Waals surface area contributed by atoms with Crippen molar-refractivity contribution in [2.75, 3.05) is 0 Å². The van der Waals surface area contributed by atoms with Gasteiger partial charge in [-0.15, -0.1) is 11.6 Å². The van der Waals surface area contributed by atoms with Crippen molar-refractivity contribution >= 4 is 17.9 Å². The Labute approximate surface area is 63.1 Å². The van der Waals surface area contributed by atoms with Gasteiger partial charge in [0.1, 0.15) is 5.82 Å². The van der Waals surface area contributed by atoms with E-state index in [1.165, 1.54) is 12.4 Å². The predicted molar refractivity (Wildman–Crippen MR) is 37.0 cm³/mol. The second kappa shape index (κ2) is 3.27. The lowest BCUT2D eigenvalue weighted by Gasteiger charge is -1.90. The van der Waals surface area contributed by atoms with Gasteiger partial charge in [0.15, 0.2) is 6.29 Å². The van der Waals surface area contributed by atoms with E-state index in [4.69, 9.17) is 11.6 Å². The molecule has 0 bridgehead atoms. The van der Waals surface area contributed by atoms with Crippen LogP contribution in [0.1, 0.15) is 16.2 Å². The Morgan fingerprint density at radius 3 is 2.50 bits per heavy atom. The molecule has 0 unspecified atom stereocenters. The molecule has 4 heteroatoms. The van der Waals surface area contributed by atoms with Gasteiger partial charge in [0.05, 0.1) is 11.4 Å². The van der Waals surface area contributed by atoms with E-state index in [0.29, 0.717) is 17.7 Å². The fourth-order valence-corrected chi connectivity index (χ4v) is 0.633. The van der Waals surface area contributed by atoms with E-state index in [-0.39, 0.29) is 5.88 Å². The lowest BCUT2D eigenvalue weighted by atomic mass is 10.4.